The quantitative estimate of drug-likeness (QED) is 0.591. The topological polar surface area (TPSA) is 57.1 Å². The van der Waals surface area contributed by atoms with E-state index in [1.54, 1.807) is 26.4 Å². The minimum absolute atomic E-state index is 0.389. The first kappa shape index (κ1) is 16.3. The summed E-state index contributed by atoms with van der Waals surface area (Å²) in [5.41, 5.74) is 2.47. The van der Waals surface area contributed by atoms with Crippen molar-refractivity contribution in [1.29, 1.82) is 0 Å². The molecule has 0 radical (unpaired) electrons. The van der Waals surface area contributed by atoms with E-state index in [-0.39, 0.29) is 0 Å². The number of nitrogens with zero attached hydrogens (tertiary/aromatic N) is 1. The molecular weight excluding hydrogens is 374 g/mol. The first-order chi connectivity index (χ1) is 11.6. The smallest absolute Gasteiger partial charge is 0.368 e. The van der Waals surface area contributed by atoms with E-state index in [9.17, 15) is 4.79 Å². The van der Waals surface area contributed by atoms with Gasteiger partial charge in [0.05, 0.1) is 24.3 Å². The first-order valence-electron chi connectivity index (χ1n) is 7.12. The van der Waals surface area contributed by atoms with Crippen molar-refractivity contribution in [1.82, 2.24) is 0 Å². The van der Waals surface area contributed by atoms with E-state index in [2.05, 4.69) is 21.1 Å². The number of benzene rings is 2. The molecule has 2 aromatic carbocycles. The highest BCUT2D eigenvalue weighted by atomic mass is 79.9. The molecular formula is C18H14BrNO4. The van der Waals surface area contributed by atoms with E-state index in [0.29, 0.717) is 22.8 Å². The fourth-order valence-electron chi connectivity index (χ4n) is 2.40. The fraction of sp³-hybridized carbons (Fsp3) is 0.111. The molecule has 0 aromatic heterocycles. The van der Waals surface area contributed by atoms with Gasteiger partial charge in [-0.1, -0.05) is 35.5 Å². The summed E-state index contributed by atoms with van der Waals surface area (Å²) in [6.45, 7) is 0. The number of rotatable bonds is 4. The van der Waals surface area contributed by atoms with E-state index in [1.807, 2.05) is 36.4 Å². The standard InChI is InChI=1S/C18H14BrNO4/c1-22-15-10-11(9-14(19)17(15)23-2)8-13-16(20-24-18(13)21)12-6-4-3-5-7-12/h3-10H,1-2H3/b13-8-. The molecule has 0 amide bonds. The van der Waals surface area contributed by atoms with Crippen LogP contribution >= 0.6 is 15.9 Å². The van der Waals surface area contributed by atoms with Crippen LogP contribution in [0.5, 0.6) is 11.5 Å². The summed E-state index contributed by atoms with van der Waals surface area (Å²) >= 11 is 3.44. The third-order valence-corrected chi connectivity index (χ3v) is 4.10. The lowest BCUT2D eigenvalue weighted by molar-refractivity contribution is -0.136. The average Bonchev–Trinajstić information content (AvgIpc) is 2.96. The number of carbonyl (C=O) groups is 1. The second-order valence-corrected chi connectivity index (χ2v) is 5.84. The molecule has 0 spiro atoms. The number of hydrogen-bond donors (Lipinski definition) is 0. The summed E-state index contributed by atoms with van der Waals surface area (Å²) in [6, 6.07) is 13.0. The Morgan fingerprint density at radius 1 is 1.12 bits per heavy atom. The van der Waals surface area contributed by atoms with Gasteiger partial charge in [0.1, 0.15) is 5.71 Å². The molecule has 122 valence electrons. The van der Waals surface area contributed by atoms with E-state index in [0.717, 1.165) is 15.6 Å². The van der Waals surface area contributed by atoms with Gasteiger partial charge in [-0.15, -0.1) is 0 Å². The molecule has 1 aliphatic heterocycles. The molecule has 24 heavy (non-hydrogen) atoms. The average molecular weight is 388 g/mol. The lowest BCUT2D eigenvalue weighted by atomic mass is 10.0. The third-order valence-electron chi connectivity index (χ3n) is 3.51. The molecule has 0 unspecified atom stereocenters. The predicted molar refractivity (Wildman–Crippen MR) is 94.3 cm³/mol. The molecule has 2 aromatic rings. The maximum atomic E-state index is 12.1. The molecule has 1 heterocycles. The molecule has 5 nitrogen and oxygen atoms in total. The number of carbonyl (C=O) groups excluding carboxylic acids is 1. The van der Waals surface area contributed by atoms with Crippen LogP contribution in [0.2, 0.25) is 0 Å². The lowest BCUT2D eigenvalue weighted by Gasteiger charge is -2.10. The van der Waals surface area contributed by atoms with E-state index in [4.69, 9.17) is 14.3 Å². The van der Waals surface area contributed by atoms with Crippen molar-refractivity contribution in [3.63, 3.8) is 0 Å². The Morgan fingerprint density at radius 2 is 1.88 bits per heavy atom. The van der Waals surface area contributed by atoms with Crippen LogP contribution in [0.3, 0.4) is 0 Å². The molecule has 0 fully saturated rings. The largest absolute Gasteiger partial charge is 0.493 e. The van der Waals surface area contributed by atoms with Crippen LogP contribution in [0, 0.1) is 0 Å². The van der Waals surface area contributed by atoms with Gasteiger partial charge in [0.25, 0.3) is 0 Å². The second-order valence-electron chi connectivity index (χ2n) is 4.98. The number of ether oxygens (including phenoxy) is 2. The molecule has 0 bridgehead atoms. The van der Waals surface area contributed by atoms with E-state index in [1.165, 1.54) is 0 Å². The van der Waals surface area contributed by atoms with Crippen LogP contribution in [-0.2, 0) is 9.63 Å². The third kappa shape index (κ3) is 3.05. The zero-order valence-electron chi connectivity index (χ0n) is 13.1. The number of hydrogen-bond acceptors (Lipinski definition) is 5. The van der Waals surface area contributed by atoms with E-state index < -0.39 is 5.97 Å². The van der Waals surface area contributed by atoms with Crippen LogP contribution in [-0.4, -0.2) is 25.9 Å². The highest BCUT2D eigenvalue weighted by Crippen LogP contribution is 2.37. The normalized spacial score (nSPS) is 15.2. The highest BCUT2D eigenvalue weighted by molar-refractivity contribution is 9.10. The van der Waals surface area contributed by atoms with Gasteiger partial charge < -0.3 is 14.3 Å². The minimum atomic E-state index is -0.486. The Hall–Kier alpha value is -2.60. The molecule has 6 heteroatoms. The SMILES string of the molecule is COc1cc(/C=C2\C(=O)ON=C2c2ccccc2)cc(Br)c1OC. The Bertz CT molecular complexity index is 844. The summed E-state index contributed by atoms with van der Waals surface area (Å²) in [5.74, 6) is 0.661. The van der Waals surface area contributed by atoms with Crippen molar-refractivity contribution >= 4 is 33.7 Å². The van der Waals surface area contributed by atoms with Gasteiger partial charge in [0.2, 0.25) is 0 Å². The Kier molecular flexibility index (Phi) is 4.66. The fourth-order valence-corrected chi connectivity index (χ4v) is 3.02. The van der Waals surface area contributed by atoms with E-state index >= 15 is 0 Å². The van der Waals surface area contributed by atoms with Crippen LogP contribution in [0.1, 0.15) is 11.1 Å². The molecule has 0 saturated heterocycles. The van der Waals surface area contributed by atoms with Crippen LogP contribution in [0.15, 0.2) is 57.7 Å². The zero-order chi connectivity index (χ0) is 17.1. The predicted octanol–water partition coefficient (Wildman–Crippen LogP) is 3.81. The first-order valence-corrected chi connectivity index (χ1v) is 7.91. The van der Waals surface area contributed by atoms with Crippen molar-refractivity contribution < 1.29 is 19.1 Å². The minimum Gasteiger partial charge on any atom is -0.493 e. The summed E-state index contributed by atoms with van der Waals surface area (Å²) in [7, 11) is 3.12. The molecule has 0 aliphatic carbocycles. The van der Waals surface area contributed by atoms with Crippen molar-refractivity contribution in [3.8, 4) is 11.5 Å². The monoisotopic (exact) mass is 387 g/mol. The Morgan fingerprint density at radius 3 is 2.54 bits per heavy atom. The van der Waals surface area contributed by atoms with Crippen molar-refractivity contribution in [2.75, 3.05) is 14.2 Å². The van der Waals surface area contributed by atoms with Gasteiger partial charge in [-0.25, -0.2) is 4.79 Å². The summed E-state index contributed by atoms with van der Waals surface area (Å²) in [6.07, 6.45) is 1.72. The maximum Gasteiger partial charge on any atom is 0.368 e. The highest BCUT2D eigenvalue weighted by Gasteiger charge is 2.26. The summed E-state index contributed by atoms with van der Waals surface area (Å²) in [4.78, 5) is 16.9. The van der Waals surface area contributed by atoms with Gasteiger partial charge in [-0.2, -0.15) is 0 Å². The van der Waals surface area contributed by atoms with Crippen LogP contribution < -0.4 is 9.47 Å². The van der Waals surface area contributed by atoms with Gasteiger partial charge in [-0.05, 0) is 39.7 Å². The Labute approximate surface area is 147 Å². The number of oxime groups is 1. The number of halogens is 1. The second kappa shape index (κ2) is 6.88. The zero-order valence-corrected chi connectivity index (χ0v) is 14.7. The van der Waals surface area contributed by atoms with Gasteiger partial charge in [0, 0.05) is 5.56 Å². The van der Waals surface area contributed by atoms with Gasteiger partial charge in [-0.3, -0.25) is 0 Å². The van der Waals surface area contributed by atoms with Crippen molar-refractivity contribution in [2.45, 2.75) is 0 Å². The summed E-state index contributed by atoms with van der Waals surface area (Å²) in [5, 5.41) is 3.89. The van der Waals surface area contributed by atoms with Crippen LogP contribution in [0.25, 0.3) is 6.08 Å². The Balaban J connectivity index is 2.05. The van der Waals surface area contributed by atoms with Crippen molar-refractivity contribution in [3.05, 3.63) is 63.6 Å². The van der Waals surface area contributed by atoms with Crippen LogP contribution in [0.4, 0.5) is 0 Å². The molecule has 1 aliphatic rings. The lowest BCUT2D eigenvalue weighted by Crippen LogP contribution is -2.06. The summed E-state index contributed by atoms with van der Waals surface area (Å²) < 4.78 is 11.3. The molecule has 0 N–H and O–H groups in total. The molecule has 0 saturated carbocycles. The molecule has 3 rings (SSSR count). The number of methoxy groups -OCH3 is 2. The van der Waals surface area contributed by atoms with Gasteiger partial charge in [0.15, 0.2) is 11.5 Å². The maximum absolute atomic E-state index is 12.1. The molecule has 0 atom stereocenters. The van der Waals surface area contributed by atoms with Crippen molar-refractivity contribution in [2.24, 2.45) is 5.16 Å². The van der Waals surface area contributed by atoms with Gasteiger partial charge >= 0.3 is 5.97 Å².